The normalized spacial score (nSPS) is 10.5. The van der Waals surface area contributed by atoms with E-state index in [1.807, 2.05) is 65.2 Å². The minimum atomic E-state index is -0.354. The quantitative estimate of drug-likeness (QED) is 0.288. The molecular weight excluding hydrogens is 404 g/mol. The van der Waals surface area contributed by atoms with E-state index in [0.29, 0.717) is 36.7 Å². The summed E-state index contributed by atoms with van der Waals surface area (Å²) in [6.45, 7) is 2.91. The number of hydrogen-bond donors (Lipinski definition) is 0. The van der Waals surface area contributed by atoms with Gasteiger partial charge in [0.2, 0.25) is 0 Å². The lowest BCUT2D eigenvalue weighted by Crippen LogP contribution is -2.08. The van der Waals surface area contributed by atoms with Crippen LogP contribution in [-0.4, -0.2) is 30.4 Å². The van der Waals surface area contributed by atoms with Crippen LogP contribution in [0.1, 0.15) is 22.8 Å². The topological polar surface area (TPSA) is 73.5 Å². The first-order valence-electron chi connectivity index (χ1n) is 10.3. The molecular formula is C26H22N2O4. The molecule has 6 heteroatoms. The molecule has 0 amide bonds. The van der Waals surface area contributed by atoms with E-state index in [9.17, 15) is 10.1 Å². The number of rotatable bonds is 8. The molecule has 32 heavy (non-hydrogen) atoms. The molecule has 1 heterocycles. The van der Waals surface area contributed by atoms with E-state index >= 15 is 0 Å². The van der Waals surface area contributed by atoms with Gasteiger partial charge in [0.05, 0.1) is 23.3 Å². The molecule has 0 unspecified atom stereocenters. The highest BCUT2D eigenvalue weighted by Crippen LogP contribution is 2.28. The van der Waals surface area contributed by atoms with Gasteiger partial charge in [0.1, 0.15) is 30.8 Å². The van der Waals surface area contributed by atoms with Gasteiger partial charge in [-0.3, -0.25) is 0 Å². The highest BCUT2D eigenvalue weighted by molar-refractivity contribution is 5.91. The summed E-state index contributed by atoms with van der Waals surface area (Å²) in [5, 5.41) is 10.4. The van der Waals surface area contributed by atoms with Crippen molar-refractivity contribution >= 4 is 16.9 Å². The first kappa shape index (κ1) is 21.0. The van der Waals surface area contributed by atoms with E-state index in [4.69, 9.17) is 14.2 Å². The SMILES string of the molecule is CCOC(=O)c1ccc(-n2cc(C#N)c3cc(OCCOc4ccccc4)ccc32)cc1. The van der Waals surface area contributed by atoms with Crippen LogP contribution >= 0.6 is 0 Å². The summed E-state index contributed by atoms with van der Waals surface area (Å²) in [7, 11) is 0. The Labute approximate surface area is 186 Å². The molecule has 0 N–H and O–H groups in total. The van der Waals surface area contributed by atoms with Gasteiger partial charge in [0.25, 0.3) is 0 Å². The lowest BCUT2D eigenvalue weighted by molar-refractivity contribution is 0.0526. The van der Waals surface area contributed by atoms with E-state index in [1.54, 1.807) is 25.3 Å². The summed E-state index contributed by atoms with van der Waals surface area (Å²) in [6, 6.07) is 24.6. The minimum absolute atomic E-state index is 0.330. The average molecular weight is 426 g/mol. The molecule has 0 saturated heterocycles. The van der Waals surface area contributed by atoms with E-state index in [1.165, 1.54) is 0 Å². The predicted octanol–water partition coefficient (Wildman–Crippen LogP) is 5.14. The monoisotopic (exact) mass is 426 g/mol. The molecule has 0 aliphatic heterocycles. The molecule has 4 rings (SSSR count). The third-order valence-electron chi connectivity index (χ3n) is 4.92. The Balaban J connectivity index is 1.51. The van der Waals surface area contributed by atoms with Crippen molar-refractivity contribution in [1.82, 2.24) is 4.57 Å². The Hall–Kier alpha value is -4.24. The van der Waals surface area contributed by atoms with Crippen LogP contribution in [0.3, 0.4) is 0 Å². The van der Waals surface area contributed by atoms with Crippen molar-refractivity contribution in [2.24, 2.45) is 0 Å². The third-order valence-corrected chi connectivity index (χ3v) is 4.92. The molecule has 0 fully saturated rings. The van der Waals surface area contributed by atoms with Crippen LogP contribution in [0.15, 0.2) is 79.0 Å². The van der Waals surface area contributed by atoms with Crippen LogP contribution in [-0.2, 0) is 4.74 Å². The molecule has 0 spiro atoms. The van der Waals surface area contributed by atoms with E-state index < -0.39 is 0 Å². The predicted molar refractivity (Wildman–Crippen MR) is 121 cm³/mol. The number of carbonyl (C=O) groups is 1. The number of ether oxygens (including phenoxy) is 3. The van der Waals surface area contributed by atoms with E-state index in [0.717, 1.165) is 22.3 Å². The maximum absolute atomic E-state index is 11.9. The van der Waals surface area contributed by atoms with Gasteiger partial charge in [-0.2, -0.15) is 5.26 Å². The van der Waals surface area contributed by atoms with Crippen LogP contribution in [0, 0.1) is 11.3 Å². The first-order chi connectivity index (χ1) is 15.7. The van der Waals surface area contributed by atoms with Crippen molar-refractivity contribution in [2.45, 2.75) is 6.92 Å². The van der Waals surface area contributed by atoms with Crippen molar-refractivity contribution in [3.8, 4) is 23.3 Å². The molecule has 0 radical (unpaired) electrons. The molecule has 6 nitrogen and oxygen atoms in total. The number of para-hydroxylation sites is 1. The van der Waals surface area contributed by atoms with Crippen LogP contribution in [0.2, 0.25) is 0 Å². The van der Waals surface area contributed by atoms with Gasteiger partial charge in [-0.15, -0.1) is 0 Å². The molecule has 0 atom stereocenters. The standard InChI is InChI=1S/C26H22N2O4/c1-2-30-26(29)19-8-10-21(11-9-19)28-18-20(17-27)24-16-23(12-13-25(24)28)32-15-14-31-22-6-4-3-5-7-22/h3-13,16,18H,2,14-15H2,1H3. The molecule has 0 saturated carbocycles. The lowest BCUT2D eigenvalue weighted by Gasteiger charge is -2.10. The second-order valence-electron chi connectivity index (χ2n) is 6.98. The van der Waals surface area contributed by atoms with Crippen LogP contribution in [0.5, 0.6) is 11.5 Å². The largest absolute Gasteiger partial charge is 0.490 e. The number of nitrogens with zero attached hydrogens (tertiary/aromatic N) is 2. The van der Waals surface area contributed by atoms with Crippen molar-refractivity contribution in [3.63, 3.8) is 0 Å². The summed E-state index contributed by atoms with van der Waals surface area (Å²) < 4.78 is 18.4. The fourth-order valence-electron chi connectivity index (χ4n) is 3.41. The van der Waals surface area contributed by atoms with Gasteiger partial charge in [-0.25, -0.2) is 4.79 Å². The number of aromatic nitrogens is 1. The van der Waals surface area contributed by atoms with Gasteiger partial charge >= 0.3 is 5.97 Å². The Kier molecular flexibility index (Phi) is 6.38. The smallest absolute Gasteiger partial charge is 0.338 e. The number of fused-ring (bicyclic) bond motifs is 1. The fourth-order valence-corrected chi connectivity index (χ4v) is 3.41. The van der Waals surface area contributed by atoms with E-state index in [2.05, 4.69) is 6.07 Å². The number of esters is 1. The maximum atomic E-state index is 11.9. The summed E-state index contributed by atoms with van der Waals surface area (Å²) >= 11 is 0. The third kappa shape index (κ3) is 4.57. The molecule has 3 aromatic carbocycles. The molecule has 4 aromatic rings. The average Bonchev–Trinajstić information content (AvgIpc) is 3.21. The number of nitriles is 1. The summed E-state index contributed by atoms with van der Waals surface area (Å²) in [5.74, 6) is 1.11. The van der Waals surface area contributed by atoms with Gasteiger partial charge in [-0.1, -0.05) is 18.2 Å². The van der Waals surface area contributed by atoms with Gasteiger partial charge in [0, 0.05) is 17.3 Å². The van der Waals surface area contributed by atoms with E-state index in [-0.39, 0.29) is 5.97 Å². The van der Waals surface area contributed by atoms with Crippen LogP contribution in [0.4, 0.5) is 0 Å². The first-order valence-corrected chi connectivity index (χ1v) is 10.3. The second-order valence-corrected chi connectivity index (χ2v) is 6.98. The molecule has 0 aliphatic carbocycles. The van der Waals surface area contributed by atoms with Crippen molar-refractivity contribution in [3.05, 3.63) is 90.1 Å². The van der Waals surface area contributed by atoms with Crippen molar-refractivity contribution < 1.29 is 19.0 Å². The zero-order chi connectivity index (χ0) is 22.3. The van der Waals surface area contributed by atoms with Crippen LogP contribution in [0.25, 0.3) is 16.6 Å². The molecule has 1 aromatic heterocycles. The second kappa shape index (κ2) is 9.71. The highest BCUT2D eigenvalue weighted by Gasteiger charge is 2.12. The number of carbonyl (C=O) groups excluding carboxylic acids is 1. The van der Waals surface area contributed by atoms with Crippen molar-refractivity contribution in [1.29, 1.82) is 5.26 Å². The number of hydrogen-bond acceptors (Lipinski definition) is 5. The van der Waals surface area contributed by atoms with Gasteiger partial charge in [0.15, 0.2) is 0 Å². The Morgan fingerprint density at radius 2 is 1.66 bits per heavy atom. The Bertz CT molecular complexity index is 1250. The van der Waals surface area contributed by atoms with Gasteiger partial charge < -0.3 is 18.8 Å². The zero-order valence-electron chi connectivity index (χ0n) is 17.7. The Morgan fingerprint density at radius 1 is 0.938 bits per heavy atom. The highest BCUT2D eigenvalue weighted by atomic mass is 16.5. The van der Waals surface area contributed by atoms with Crippen molar-refractivity contribution in [2.75, 3.05) is 19.8 Å². The summed E-state index contributed by atoms with van der Waals surface area (Å²) in [6.07, 6.45) is 1.78. The summed E-state index contributed by atoms with van der Waals surface area (Å²) in [4.78, 5) is 11.9. The fraction of sp³-hybridized carbons (Fsp3) is 0.154. The molecule has 0 aliphatic rings. The van der Waals surface area contributed by atoms with Crippen LogP contribution < -0.4 is 9.47 Å². The molecule has 160 valence electrons. The van der Waals surface area contributed by atoms with Gasteiger partial charge in [-0.05, 0) is 61.5 Å². The zero-order valence-corrected chi connectivity index (χ0v) is 17.7. The lowest BCUT2D eigenvalue weighted by atomic mass is 10.2. The Morgan fingerprint density at radius 3 is 2.34 bits per heavy atom. The molecule has 0 bridgehead atoms. The maximum Gasteiger partial charge on any atom is 0.338 e. The minimum Gasteiger partial charge on any atom is -0.490 e. The summed E-state index contributed by atoms with van der Waals surface area (Å²) in [5.41, 5.74) is 2.74. The number of benzene rings is 3.